The van der Waals surface area contributed by atoms with E-state index in [1.54, 1.807) is 0 Å². The fourth-order valence-corrected chi connectivity index (χ4v) is 4.41. The second-order valence-electron chi connectivity index (χ2n) is 7.52. The molecule has 4 nitrogen and oxygen atoms in total. The van der Waals surface area contributed by atoms with Crippen LogP contribution in [0, 0.1) is 11.8 Å². The Morgan fingerprint density at radius 3 is 2.57 bits per heavy atom. The second kappa shape index (κ2) is 6.25. The normalized spacial score (nSPS) is 38.1. The summed E-state index contributed by atoms with van der Waals surface area (Å²) in [5, 5.41) is 3.68. The van der Waals surface area contributed by atoms with Crippen molar-refractivity contribution in [3.63, 3.8) is 0 Å². The maximum atomic E-state index is 12.9. The molecule has 21 heavy (non-hydrogen) atoms. The van der Waals surface area contributed by atoms with Crippen LogP contribution in [0.5, 0.6) is 0 Å². The molecule has 4 unspecified atom stereocenters. The average Bonchev–Trinajstić information content (AvgIpc) is 3.12. The third-order valence-corrected chi connectivity index (χ3v) is 5.47. The summed E-state index contributed by atoms with van der Waals surface area (Å²) in [6, 6.07) is 0.288. The molecule has 2 saturated heterocycles. The van der Waals surface area contributed by atoms with Gasteiger partial charge in [-0.25, -0.2) is 0 Å². The van der Waals surface area contributed by atoms with Crippen LogP contribution in [0.25, 0.3) is 0 Å². The molecule has 0 bridgehead atoms. The molecule has 1 N–H and O–H groups in total. The first-order valence-corrected chi connectivity index (χ1v) is 8.77. The van der Waals surface area contributed by atoms with Gasteiger partial charge >= 0.3 is 0 Å². The molecule has 120 valence electrons. The highest BCUT2D eigenvalue weighted by Gasteiger charge is 2.48. The van der Waals surface area contributed by atoms with E-state index in [1.165, 1.54) is 25.7 Å². The third kappa shape index (κ3) is 2.98. The van der Waals surface area contributed by atoms with Crippen LogP contribution in [-0.4, -0.2) is 41.8 Å². The van der Waals surface area contributed by atoms with Crippen molar-refractivity contribution < 1.29 is 9.53 Å². The number of hydrogen-bond donors (Lipinski definition) is 1. The Kier molecular flexibility index (Phi) is 4.55. The van der Waals surface area contributed by atoms with Crippen molar-refractivity contribution in [1.29, 1.82) is 0 Å². The molecule has 0 aromatic carbocycles. The SMILES string of the molecule is CC(C)CC1NC(C2CCCC2)N(C2CCOC2C)C1=O. The van der Waals surface area contributed by atoms with E-state index in [1.807, 2.05) is 0 Å². The van der Waals surface area contributed by atoms with Crippen LogP contribution in [0.15, 0.2) is 0 Å². The highest BCUT2D eigenvalue weighted by molar-refractivity contribution is 5.84. The largest absolute Gasteiger partial charge is 0.376 e. The first kappa shape index (κ1) is 15.3. The van der Waals surface area contributed by atoms with Gasteiger partial charge in [0, 0.05) is 6.61 Å². The van der Waals surface area contributed by atoms with Gasteiger partial charge in [-0.05, 0) is 44.4 Å². The predicted octanol–water partition coefficient (Wildman–Crippen LogP) is 2.53. The lowest BCUT2D eigenvalue weighted by Crippen LogP contribution is -2.50. The van der Waals surface area contributed by atoms with Gasteiger partial charge in [-0.1, -0.05) is 26.7 Å². The number of rotatable bonds is 4. The summed E-state index contributed by atoms with van der Waals surface area (Å²) < 4.78 is 5.73. The molecule has 2 heterocycles. The minimum absolute atomic E-state index is 0.0170. The number of nitrogens with zero attached hydrogens (tertiary/aromatic N) is 1. The van der Waals surface area contributed by atoms with Crippen molar-refractivity contribution in [2.24, 2.45) is 11.8 Å². The van der Waals surface area contributed by atoms with Gasteiger partial charge < -0.3 is 9.64 Å². The Hall–Kier alpha value is -0.610. The molecule has 3 rings (SSSR count). The lowest BCUT2D eigenvalue weighted by Gasteiger charge is -2.35. The number of ether oxygens (including phenoxy) is 1. The minimum Gasteiger partial charge on any atom is -0.376 e. The van der Waals surface area contributed by atoms with Crippen LogP contribution in [0.3, 0.4) is 0 Å². The number of nitrogens with one attached hydrogen (secondary N) is 1. The molecular weight excluding hydrogens is 264 g/mol. The summed E-state index contributed by atoms with van der Waals surface area (Å²) >= 11 is 0. The van der Waals surface area contributed by atoms with E-state index in [-0.39, 0.29) is 24.4 Å². The van der Waals surface area contributed by atoms with Gasteiger partial charge in [0.1, 0.15) is 0 Å². The molecule has 0 aromatic rings. The molecule has 0 radical (unpaired) electrons. The highest BCUT2D eigenvalue weighted by atomic mass is 16.5. The smallest absolute Gasteiger partial charge is 0.241 e. The van der Waals surface area contributed by atoms with Crippen molar-refractivity contribution in [1.82, 2.24) is 10.2 Å². The maximum Gasteiger partial charge on any atom is 0.241 e. The van der Waals surface area contributed by atoms with E-state index in [0.29, 0.717) is 17.7 Å². The van der Waals surface area contributed by atoms with Crippen LogP contribution < -0.4 is 5.32 Å². The van der Waals surface area contributed by atoms with E-state index >= 15 is 0 Å². The number of amides is 1. The van der Waals surface area contributed by atoms with Crippen molar-refractivity contribution in [2.75, 3.05) is 6.61 Å². The number of carbonyl (C=O) groups excluding carboxylic acids is 1. The fraction of sp³-hybridized carbons (Fsp3) is 0.941. The summed E-state index contributed by atoms with van der Waals surface area (Å²) in [5.41, 5.74) is 0. The third-order valence-electron chi connectivity index (χ3n) is 5.47. The molecule has 3 aliphatic rings. The Morgan fingerprint density at radius 2 is 2.00 bits per heavy atom. The lowest BCUT2D eigenvalue weighted by molar-refractivity contribution is -0.134. The van der Waals surface area contributed by atoms with Crippen molar-refractivity contribution in [3.8, 4) is 0 Å². The zero-order valence-corrected chi connectivity index (χ0v) is 13.7. The Labute approximate surface area is 128 Å². The molecule has 2 aliphatic heterocycles. The van der Waals surface area contributed by atoms with Gasteiger partial charge in [-0.15, -0.1) is 0 Å². The summed E-state index contributed by atoms with van der Waals surface area (Å²) in [6.07, 6.45) is 7.52. The Morgan fingerprint density at radius 1 is 1.29 bits per heavy atom. The van der Waals surface area contributed by atoms with E-state index in [0.717, 1.165) is 19.4 Å². The summed E-state index contributed by atoms with van der Waals surface area (Å²) in [7, 11) is 0. The zero-order chi connectivity index (χ0) is 15.0. The highest BCUT2D eigenvalue weighted by Crippen LogP contribution is 2.36. The molecule has 4 heteroatoms. The monoisotopic (exact) mass is 294 g/mol. The summed E-state index contributed by atoms with van der Waals surface area (Å²) in [5.74, 6) is 1.51. The van der Waals surface area contributed by atoms with Crippen LogP contribution in [0.4, 0.5) is 0 Å². The topological polar surface area (TPSA) is 41.6 Å². The molecule has 3 fully saturated rings. The van der Waals surface area contributed by atoms with Gasteiger partial charge in [-0.2, -0.15) is 0 Å². The zero-order valence-electron chi connectivity index (χ0n) is 13.7. The molecule has 1 amide bonds. The van der Waals surface area contributed by atoms with Crippen LogP contribution in [0.2, 0.25) is 0 Å². The molecule has 1 aliphatic carbocycles. The fourth-order valence-electron chi connectivity index (χ4n) is 4.41. The van der Waals surface area contributed by atoms with Crippen molar-refractivity contribution >= 4 is 5.91 Å². The molecule has 1 saturated carbocycles. The van der Waals surface area contributed by atoms with E-state index in [9.17, 15) is 4.79 Å². The van der Waals surface area contributed by atoms with E-state index < -0.39 is 0 Å². The van der Waals surface area contributed by atoms with Gasteiger partial charge in [0.15, 0.2) is 0 Å². The van der Waals surface area contributed by atoms with Gasteiger partial charge in [0.05, 0.1) is 24.4 Å². The van der Waals surface area contributed by atoms with Crippen molar-refractivity contribution in [2.45, 2.75) is 83.6 Å². The van der Waals surface area contributed by atoms with Gasteiger partial charge in [0.25, 0.3) is 0 Å². The second-order valence-corrected chi connectivity index (χ2v) is 7.52. The Balaban J connectivity index is 1.79. The van der Waals surface area contributed by atoms with Gasteiger partial charge in [-0.3, -0.25) is 10.1 Å². The Bertz CT molecular complexity index is 379. The summed E-state index contributed by atoms with van der Waals surface area (Å²) in [4.78, 5) is 15.1. The van der Waals surface area contributed by atoms with Crippen molar-refractivity contribution in [3.05, 3.63) is 0 Å². The van der Waals surface area contributed by atoms with Crippen LogP contribution >= 0.6 is 0 Å². The van der Waals surface area contributed by atoms with Crippen LogP contribution in [0.1, 0.15) is 59.3 Å². The standard InChI is InChI=1S/C17H30N2O2/c1-11(2)10-14-17(20)19(15-8-9-21-12(15)3)16(18-14)13-6-4-5-7-13/h11-16,18H,4-10H2,1-3H3. The average molecular weight is 294 g/mol. The molecule has 0 aromatic heterocycles. The quantitative estimate of drug-likeness (QED) is 0.866. The predicted molar refractivity (Wildman–Crippen MR) is 82.8 cm³/mol. The summed E-state index contributed by atoms with van der Waals surface area (Å²) in [6.45, 7) is 7.31. The van der Waals surface area contributed by atoms with E-state index in [2.05, 4.69) is 31.0 Å². The first-order chi connectivity index (χ1) is 10.1. The van der Waals surface area contributed by atoms with E-state index in [4.69, 9.17) is 4.74 Å². The molecule has 0 spiro atoms. The molecular formula is C17H30N2O2. The number of carbonyl (C=O) groups is 1. The lowest BCUT2D eigenvalue weighted by atomic mass is 10.0. The first-order valence-electron chi connectivity index (χ1n) is 8.77. The minimum atomic E-state index is 0.0170. The maximum absolute atomic E-state index is 12.9. The van der Waals surface area contributed by atoms with Crippen LogP contribution in [-0.2, 0) is 9.53 Å². The molecule has 4 atom stereocenters. The van der Waals surface area contributed by atoms with Gasteiger partial charge in [0.2, 0.25) is 5.91 Å². The number of hydrogen-bond acceptors (Lipinski definition) is 3.